The number of nitrogens with zero attached hydrogens (tertiary/aromatic N) is 1. The molecule has 0 fully saturated rings. The maximum Gasteiger partial charge on any atom is 0.417 e. The van der Waals surface area contributed by atoms with Gasteiger partial charge in [0.1, 0.15) is 5.69 Å². The van der Waals surface area contributed by atoms with E-state index in [4.69, 9.17) is 35.4 Å². The van der Waals surface area contributed by atoms with Crippen molar-refractivity contribution in [1.29, 1.82) is 0 Å². The van der Waals surface area contributed by atoms with Gasteiger partial charge in [0.05, 0.1) is 21.8 Å². The molecule has 3 N–H and O–H groups in total. The highest BCUT2D eigenvalue weighted by Gasteiger charge is 2.32. The number of amides is 2. The maximum absolute atomic E-state index is 12.7. The van der Waals surface area contributed by atoms with Crippen molar-refractivity contribution in [2.45, 2.75) is 32.9 Å². The van der Waals surface area contributed by atoms with Crippen LogP contribution in [0.3, 0.4) is 0 Å². The molecule has 0 spiro atoms. The van der Waals surface area contributed by atoms with Gasteiger partial charge in [0.2, 0.25) is 0 Å². The van der Waals surface area contributed by atoms with Gasteiger partial charge in [-0.05, 0) is 49.3 Å². The van der Waals surface area contributed by atoms with Gasteiger partial charge < -0.3 is 10.6 Å². The second-order valence-electron chi connectivity index (χ2n) is 6.72. The van der Waals surface area contributed by atoms with E-state index in [0.717, 1.165) is 12.8 Å². The molecule has 1 aromatic carbocycles. The summed E-state index contributed by atoms with van der Waals surface area (Å²) in [6.07, 6.45) is -2.46. The summed E-state index contributed by atoms with van der Waals surface area (Å²) in [5, 5.41) is 7.47. The zero-order valence-corrected chi connectivity index (χ0v) is 19.3. The highest BCUT2D eigenvalue weighted by Crippen LogP contribution is 2.31. The van der Waals surface area contributed by atoms with Crippen LogP contribution in [-0.4, -0.2) is 28.5 Å². The first kappa shape index (κ1) is 25.8. The number of thiocarbonyl (C=S) groups is 1. The molecule has 1 heterocycles. The summed E-state index contributed by atoms with van der Waals surface area (Å²) in [6, 6.07) is 3.66. The molecule has 0 bridgehead atoms. The van der Waals surface area contributed by atoms with Crippen LogP contribution in [0.1, 0.15) is 51.7 Å². The second-order valence-corrected chi connectivity index (χ2v) is 7.97. The first-order valence-corrected chi connectivity index (χ1v) is 10.5. The highest BCUT2D eigenvalue weighted by molar-refractivity contribution is 7.80. The summed E-state index contributed by atoms with van der Waals surface area (Å²) < 4.78 is 38.2. The number of unbranched alkanes of at least 4 members (excludes halogenated alkanes) is 1. The monoisotopic (exact) mass is 506 g/mol. The molecule has 0 aliphatic heterocycles. The molecule has 12 heteroatoms. The van der Waals surface area contributed by atoms with Crippen LogP contribution in [-0.2, 0) is 6.18 Å². The van der Waals surface area contributed by atoms with E-state index in [1.165, 1.54) is 6.07 Å². The smallest absolute Gasteiger partial charge is 0.352 e. The fraction of sp³-hybridized carbons (Fsp3) is 0.300. The molecular formula is C20H19Cl2F3N4O2S. The normalized spacial score (nSPS) is 11.1. The van der Waals surface area contributed by atoms with Gasteiger partial charge in [-0.25, -0.2) is 4.98 Å². The SMILES string of the molecule is CCCCNC(=O)c1cc(Cl)cc(C)c1NC(=S)NC(=O)c1ncc(C(F)(F)F)cc1Cl. The van der Waals surface area contributed by atoms with Crippen LogP contribution < -0.4 is 16.0 Å². The lowest BCUT2D eigenvalue weighted by Gasteiger charge is -2.17. The minimum atomic E-state index is -4.65. The summed E-state index contributed by atoms with van der Waals surface area (Å²) in [5.74, 6) is -1.30. The van der Waals surface area contributed by atoms with Gasteiger partial charge >= 0.3 is 6.18 Å². The van der Waals surface area contributed by atoms with Crippen molar-refractivity contribution < 1.29 is 22.8 Å². The first-order chi connectivity index (χ1) is 14.9. The number of nitrogens with one attached hydrogen (secondary N) is 3. The number of alkyl halides is 3. The molecule has 0 unspecified atom stereocenters. The van der Waals surface area contributed by atoms with Crippen LogP contribution in [0.4, 0.5) is 18.9 Å². The molecule has 0 aliphatic carbocycles. The van der Waals surface area contributed by atoms with E-state index in [1.807, 2.05) is 6.92 Å². The van der Waals surface area contributed by atoms with Crippen LogP contribution in [0.15, 0.2) is 24.4 Å². The lowest BCUT2D eigenvalue weighted by atomic mass is 10.1. The summed E-state index contributed by atoms with van der Waals surface area (Å²) in [6.45, 7) is 4.15. The third kappa shape index (κ3) is 6.78. The molecule has 0 aliphatic rings. The van der Waals surface area contributed by atoms with E-state index in [2.05, 4.69) is 20.9 Å². The van der Waals surface area contributed by atoms with Crippen LogP contribution >= 0.6 is 35.4 Å². The second kappa shape index (κ2) is 10.9. The van der Waals surface area contributed by atoms with Crippen LogP contribution in [0, 0.1) is 6.92 Å². The summed E-state index contributed by atoms with van der Waals surface area (Å²) >= 11 is 17.0. The first-order valence-electron chi connectivity index (χ1n) is 9.37. The Morgan fingerprint density at radius 1 is 1.16 bits per heavy atom. The zero-order chi connectivity index (χ0) is 24.1. The van der Waals surface area contributed by atoms with Crippen molar-refractivity contribution in [3.05, 3.63) is 56.8 Å². The molecule has 172 valence electrons. The number of hydrogen-bond donors (Lipinski definition) is 3. The number of rotatable bonds is 6. The summed E-state index contributed by atoms with van der Waals surface area (Å²) in [4.78, 5) is 28.4. The van der Waals surface area contributed by atoms with E-state index in [1.54, 1.807) is 13.0 Å². The van der Waals surface area contributed by atoms with Crippen LogP contribution in [0.25, 0.3) is 0 Å². The molecular weight excluding hydrogens is 488 g/mol. The largest absolute Gasteiger partial charge is 0.417 e. The number of benzene rings is 1. The van der Waals surface area contributed by atoms with Gasteiger partial charge in [-0.15, -0.1) is 0 Å². The Labute approximate surface area is 197 Å². The van der Waals surface area contributed by atoms with Crippen LogP contribution in [0.2, 0.25) is 10.0 Å². The van der Waals surface area contributed by atoms with Crippen molar-refractivity contribution >= 4 is 58.0 Å². The van der Waals surface area contributed by atoms with Gasteiger partial charge in [0.25, 0.3) is 11.8 Å². The lowest BCUT2D eigenvalue weighted by molar-refractivity contribution is -0.137. The number of aryl methyl sites for hydroxylation is 1. The molecule has 0 atom stereocenters. The third-order valence-electron chi connectivity index (χ3n) is 4.21. The topological polar surface area (TPSA) is 83.1 Å². The number of aromatic nitrogens is 1. The molecule has 2 aromatic rings. The molecule has 32 heavy (non-hydrogen) atoms. The molecule has 2 rings (SSSR count). The van der Waals surface area contributed by atoms with Crippen molar-refractivity contribution in [2.75, 3.05) is 11.9 Å². The van der Waals surface area contributed by atoms with Crippen LogP contribution in [0.5, 0.6) is 0 Å². The lowest BCUT2D eigenvalue weighted by Crippen LogP contribution is -2.36. The Kier molecular flexibility index (Phi) is 8.82. The van der Waals surface area contributed by atoms with Crippen molar-refractivity contribution in [1.82, 2.24) is 15.6 Å². The van der Waals surface area contributed by atoms with Gasteiger partial charge in [0, 0.05) is 17.8 Å². The predicted molar refractivity (Wildman–Crippen MR) is 121 cm³/mol. The Morgan fingerprint density at radius 2 is 1.84 bits per heavy atom. The molecule has 0 saturated carbocycles. The summed E-state index contributed by atoms with van der Waals surface area (Å²) in [5.41, 5.74) is -0.404. The van der Waals surface area contributed by atoms with Crippen molar-refractivity contribution in [2.24, 2.45) is 0 Å². The molecule has 0 radical (unpaired) electrons. The fourth-order valence-electron chi connectivity index (χ4n) is 2.63. The Bertz CT molecular complexity index is 1050. The number of carbonyl (C=O) groups is 2. The predicted octanol–water partition coefficient (Wildman–Crippen LogP) is 5.37. The summed E-state index contributed by atoms with van der Waals surface area (Å²) in [7, 11) is 0. The fourth-order valence-corrected chi connectivity index (χ4v) is 3.35. The van der Waals surface area contributed by atoms with E-state index in [-0.39, 0.29) is 16.6 Å². The molecule has 1 aromatic heterocycles. The van der Waals surface area contributed by atoms with Crippen molar-refractivity contribution in [3.8, 4) is 0 Å². The van der Waals surface area contributed by atoms with Gasteiger partial charge in [-0.2, -0.15) is 13.2 Å². The minimum absolute atomic E-state index is 0.208. The Balaban J connectivity index is 2.19. The van der Waals surface area contributed by atoms with E-state index in [9.17, 15) is 22.8 Å². The van der Waals surface area contributed by atoms with Gasteiger partial charge in [-0.1, -0.05) is 36.5 Å². The molecule has 0 saturated heterocycles. The quantitative estimate of drug-likeness (QED) is 0.362. The number of hydrogen-bond acceptors (Lipinski definition) is 4. The number of anilines is 1. The standard InChI is InChI=1S/C20H19Cl2F3N4O2S/c1-3-4-5-26-17(30)13-8-12(21)6-10(2)15(13)28-19(32)29-18(31)16-14(22)7-11(9-27-16)20(23,24)25/h6-9H,3-5H2,1-2H3,(H,26,30)(H2,28,29,31,32). The van der Waals surface area contributed by atoms with E-state index < -0.39 is 28.4 Å². The number of pyridine rings is 1. The van der Waals surface area contributed by atoms with Gasteiger partial charge in [0.15, 0.2) is 5.11 Å². The highest BCUT2D eigenvalue weighted by atomic mass is 35.5. The third-order valence-corrected chi connectivity index (χ3v) is 4.92. The maximum atomic E-state index is 12.7. The zero-order valence-electron chi connectivity index (χ0n) is 17.0. The van der Waals surface area contributed by atoms with Crippen molar-refractivity contribution in [3.63, 3.8) is 0 Å². The average molecular weight is 507 g/mol. The number of halogens is 5. The minimum Gasteiger partial charge on any atom is -0.352 e. The molecule has 6 nitrogen and oxygen atoms in total. The Morgan fingerprint density at radius 3 is 2.44 bits per heavy atom. The van der Waals surface area contributed by atoms with Gasteiger partial charge in [-0.3, -0.25) is 14.9 Å². The molecule has 2 amide bonds. The van der Waals surface area contributed by atoms with E-state index >= 15 is 0 Å². The average Bonchev–Trinajstić information content (AvgIpc) is 2.68. The Hall–Kier alpha value is -2.43. The number of carbonyl (C=O) groups excluding carboxylic acids is 2. The van der Waals surface area contributed by atoms with E-state index in [0.29, 0.717) is 35.1 Å².